The Labute approximate surface area is 152 Å². The van der Waals surface area contributed by atoms with Gasteiger partial charge < -0.3 is 10.6 Å². The first kappa shape index (κ1) is 17.6. The van der Waals surface area contributed by atoms with Crippen LogP contribution in [0.1, 0.15) is 27.2 Å². The maximum atomic E-state index is 12.5. The molecule has 0 aliphatic rings. The van der Waals surface area contributed by atoms with Crippen LogP contribution in [0.4, 0.5) is 5.69 Å². The Morgan fingerprint density at radius 3 is 2.58 bits per heavy atom. The molecule has 0 spiro atoms. The molecule has 3 rings (SSSR count). The molecule has 0 aliphatic heterocycles. The molecule has 5 heteroatoms. The summed E-state index contributed by atoms with van der Waals surface area (Å²) in [6, 6.07) is 14.8. The maximum absolute atomic E-state index is 12.5. The van der Waals surface area contributed by atoms with Crippen molar-refractivity contribution >= 4 is 28.4 Å². The lowest BCUT2D eigenvalue weighted by molar-refractivity contribution is -0.115. The van der Waals surface area contributed by atoms with E-state index >= 15 is 0 Å². The Hall–Kier alpha value is -3.21. The van der Waals surface area contributed by atoms with Gasteiger partial charge in [0.05, 0.1) is 11.9 Å². The summed E-state index contributed by atoms with van der Waals surface area (Å²) in [5.74, 6) is -0.325. The van der Waals surface area contributed by atoms with Crippen molar-refractivity contribution in [1.82, 2.24) is 10.3 Å². The van der Waals surface area contributed by atoms with Crippen LogP contribution in [0.2, 0.25) is 0 Å². The summed E-state index contributed by atoms with van der Waals surface area (Å²) in [7, 11) is 1.58. The SMILES string of the molecule is CNC(=O)c1cccc(NC(=O)Cc2c(C)nc3ccccc3c2C)c1. The van der Waals surface area contributed by atoms with Gasteiger partial charge in [-0.3, -0.25) is 14.6 Å². The van der Waals surface area contributed by atoms with Gasteiger partial charge in [0, 0.05) is 29.4 Å². The molecule has 1 heterocycles. The van der Waals surface area contributed by atoms with E-state index in [0.717, 1.165) is 27.7 Å². The second kappa shape index (κ2) is 7.35. The number of aromatic nitrogens is 1. The summed E-state index contributed by atoms with van der Waals surface area (Å²) >= 11 is 0. The number of para-hydroxylation sites is 1. The van der Waals surface area contributed by atoms with Crippen LogP contribution in [0.15, 0.2) is 48.5 Å². The molecule has 2 N–H and O–H groups in total. The standard InChI is InChI=1S/C21H21N3O2/c1-13-17-9-4-5-10-19(17)23-14(2)18(13)12-20(25)24-16-8-6-7-15(11-16)21(26)22-3/h4-11H,12H2,1-3H3,(H,22,26)(H,24,25). The smallest absolute Gasteiger partial charge is 0.251 e. The number of hydrogen-bond acceptors (Lipinski definition) is 3. The second-order valence-electron chi connectivity index (χ2n) is 6.20. The van der Waals surface area contributed by atoms with Crippen molar-refractivity contribution in [3.05, 3.63) is 70.9 Å². The van der Waals surface area contributed by atoms with Gasteiger partial charge in [-0.15, -0.1) is 0 Å². The second-order valence-corrected chi connectivity index (χ2v) is 6.20. The number of hydrogen-bond donors (Lipinski definition) is 2. The number of nitrogens with one attached hydrogen (secondary N) is 2. The number of anilines is 1. The summed E-state index contributed by atoms with van der Waals surface area (Å²) in [6.45, 7) is 3.94. The molecule has 0 unspecified atom stereocenters. The maximum Gasteiger partial charge on any atom is 0.251 e. The third-order valence-corrected chi connectivity index (χ3v) is 4.46. The molecule has 0 saturated carbocycles. The lowest BCUT2D eigenvalue weighted by Gasteiger charge is -2.13. The molecular weight excluding hydrogens is 326 g/mol. The van der Waals surface area contributed by atoms with E-state index in [1.54, 1.807) is 31.3 Å². The highest BCUT2D eigenvalue weighted by atomic mass is 16.2. The molecule has 26 heavy (non-hydrogen) atoms. The molecule has 0 saturated heterocycles. The zero-order chi connectivity index (χ0) is 18.7. The molecule has 5 nitrogen and oxygen atoms in total. The number of carbonyl (C=O) groups excluding carboxylic acids is 2. The van der Waals surface area contributed by atoms with Gasteiger partial charge in [-0.1, -0.05) is 24.3 Å². The number of benzene rings is 2. The van der Waals surface area contributed by atoms with Gasteiger partial charge in [-0.25, -0.2) is 0 Å². The minimum Gasteiger partial charge on any atom is -0.355 e. The van der Waals surface area contributed by atoms with Gasteiger partial charge in [-0.05, 0) is 49.2 Å². The Morgan fingerprint density at radius 2 is 1.81 bits per heavy atom. The van der Waals surface area contributed by atoms with E-state index in [1.807, 2.05) is 38.1 Å². The van der Waals surface area contributed by atoms with E-state index in [1.165, 1.54) is 0 Å². The number of nitrogens with zero attached hydrogens (tertiary/aromatic N) is 1. The fourth-order valence-electron chi connectivity index (χ4n) is 3.08. The predicted octanol–water partition coefficient (Wildman–Crippen LogP) is 3.39. The fraction of sp³-hybridized carbons (Fsp3) is 0.190. The molecule has 3 aromatic rings. The minimum absolute atomic E-state index is 0.137. The van der Waals surface area contributed by atoms with E-state index in [2.05, 4.69) is 15.6 Å². The predicted molar refractivity (Wildman–Crippen MR) is 103 cm³/mol. The molecule has 1 aromatic heterocycles. The first-order valence-corrected chi connectivity index (χ1v) is 8.46. The summed E-state index contributed by atoms with van der Waals surface area (Å²) < 4.78 is 0. The molecular formula is C21H21N3O2. The van der Waals surface area contributed by atoms with E-state index < -0.39 is 0 Å². The first-order chi connectivity index (χ1) is 12.5. The van der Waals surface area contributed by atoms with Crippen LogP contribution in [0.25, 0.3) is 10.9 Å². The number of fused-ring (bicyclic) bond motifs is 1. The van der Waals surface area contributed by atoms with Crippen molar-refractivity contribution in [2.45, 2.75) is 20.3 Å². The summed E-state index contributed by atoms with van der Waals surface area (Å²) in [5, 5.41) is 6.50. The molecule has 0 aliphatic carbocycles. The highest BCUT2D eigenvalue weighted by molar-refractivity contribution is 5.98. The van der Waals surface area contributed by atoms with Crippen molar-refractivity contribution < 1.29 is 9.59 Å². The Balaban J connectivity index is 1.83. The summed E-state index contributed by atoms with van der Waals surface area (Å²) in [4.78, 5) is 28.9. The Bertz CT molecular complexity index is 996. The zero-order valence-corrected chi connectivity index (χ0v) is 15.1. The Kier molecular flexibility index (Phi) is 4.98. The van der Waals surface area contributed by atoms with Crippen LogP contribution in [0.5, 0.6) is 0 Å². The summed E-state index contributed by atoms with van der Waals surface area (Å²) in [6.07, 6.45) is 0.236. The number of carbonyl (C=O) groups is 2. The van der Waals surface area contributed by atoms with Gasteiger partial charge in [0.1, 0.15) is 0 Å². The van der Waals surface area contributed by atoms with Crippen molar-refractivity contribution in [2.75, 3.05) is 12.4 Å². The largest absolute Gasteiger partial charge is 0.355 e. The zero-order valence-electron chi connectivity index (χ0n) is 15.1. The highest BCUT2D eigenvalue weighted by Gasteiger charge is 2.13. The van der Waals surface area contributed by atoms with E-state index in [0.29, 0.717) is 11.3 Å². The fourth-order valence-corrected chi connectivity index (χ4v) is 3.08. The van der Waals surface area contributed by atoms with Gasteiger partial charge in [0.2, 0.25) is 5.91 Å². The van der Waals surface area contributed by atoms with Crippen molar-refractivity contribution in [2.24, 2.45) is 0 Å². The number of aryl methyl sites for hydroxylation is 2. The van der Waals surface area contributed by atoms with Crippen molar-refractivity contribution in [1.29, 1.82) is 0 Å². The lowest BCUT2D eigenvalue weighted by atomic mass is 9.99. The third-order valence-electron chi connectivity index (χ3n) is 4.46. The third kappa shape index (κ3) is 3.57. The first-order valence-electron chi connectivity index (χ1n) is 8.46. The Morgan fingerprint density at radius 1 is 1.04 bits per heavy atom. The van der Waals surface area contributed by atoms with Gasteiger partial charge in [-0.2, -0.15) is 0 Å². The van der Waals surface area contributed by atoms with Crippen LogP contribution >= 0.6 is 0 Å². The topological polar surface area (TPSA) is 71.1 Å². The molecule has 0 bridgehead atoms. The average molecular weight is 347 g/mol. The minimum atomic E-state index is -0.188. The average Bonchev–Trinajstić information content (AvgIpc) is 2.64. The van der Waals surface area contributed by atoms with Crippen molar-refractivity contribution in [3.63, 3.8) is 0 Å². The van der Waals surface area contributed by atoms with Crippen LogP contribution in [0.3, 0.4) is 0 Å². The molecule has 0 fully saturated rings. The van der Waals surface area contributed by atoms with Crippen LogP contribution < -0.4 is 10.6 Å². The van der Waals surface area contributed by atoms with Gasteiger partial charge in [0.15, 0.2) is 0 Å². The van der Waals surface area contributed by atoms with Crippen LogP contribution in [-0.4, -0.2) is 23.8 Å². The number of rotatable bonds is 4. The van der Waals surface area contributed by atoms with Gasteiger partial charge >= 0.3 is 0 Å². The quantitative estimate of drug-likeness (QED) is 0.760. The summed E-state index contributed by atoms with van der Waals surface area (Å²) in [5.41, 5.74) is 4.90. The monoisotopic (exact) mass is 347 g/mol. The normalized spacial score (nSPS) is 10.6. The van der Waals surface area contributed by atoms with Crippen molar-refractivity contribution in [3.8, 4) is 0 Å². The van der Waals surface area contributed by atoms with Crippen LogP contribution in [0, 0.1) is 13.8 Å². The van der Waals surface area contributed by atoms with Gasteiger partial charge in [0.25, 0.3) is 5.91 Å². The number of amides is 2. The molecule has 132 valence electrons. The lowest BCUT2D eigenvalue weighted by Crippen LogP contribution is -2.19. The molecule has 0 atom stereocenters. The molecule has 0 radical (unpaired) electrons. The number of pyridine rings is 1. The highest BCUT2D eigenvalue weighted by Crippen LogP contribution is 2.23. The van der Waals surface area contributed by atoms with E-state index in [-0.39, 0.29) is 18.2 Å². The van der Waals surface area contributed by atoms with E-state index in [9.17, 15) is 9.59 Å². The molecule has 2 aromatic carbocycles. The molecule has 2 amide bonds. The van der Waals surface area contributed by atoms with Crippen LogP contribution in [-0.2, 0) is 11.2 Å². The van der Waals surface area contributed by atoms with E-state index in [4.69, 9.17) is 0 Å².